The smallest absolute Gasteiger partial charge is 0.387 e. The minimum absolute atomic E-state index is 0.291. The lowest BCUT2D eigenvalue weighted by Crippen LogP contribution is -2.09. The number of ether oxygens (including phenoxy) is 1. The summed E-state index contributed by atoms with van der Waals surface area (Å²) in [7, 11) is 0. The topological polar surface area (TPSA) is 21.3 Å². The molecule has 4 heteroatoms. The van der Waals surface area contributed by atoms with Gasteiger partial charge in [-0.3, -0.25) is 0 Å². The minimum atomic E-state index is -2.75. The van der Waals surface area contributed by atoms with Crippen LogP contribution in [0, 0.1) is 6.92 Å². The summed E-state index contributed by atoms with van der Waals surface area (Å²) in [6.07, 6.45) is 1.05. The minimum Gasteiger partial charge on any atom is -0.435 e. The normalized spacial score (nSPS) is 20.4. The van der Waals surface area contributed by atoms with Crippen molar-refractivity contribution < 1.29 is 13.5 Å². The Labute approximate surface area is 93.6 Å². The molecular weight excluding hydrogens is 212 g/mol. The second-order valence-corrected chi connectivity index (χ2v) is 4.09. The summed E-state index contributed by atoms with van der Waals surface area (Å²) >= 11 is 0. The maximum absolute atomic E-state index is 12.2. The SMILES string of the molecule is Cc1ccc(C2CCNC2)cc1OC(F)F. The van der Waals surface area contributed by atoms with Gasteiger partial charge in [0.15, 0.2) is 0 Å². The Morgan fingerprint density at radius 1 is 1.44 bits per heavy atom. The summed E-state index contributed by atoms with van der Waals surface area (Å²) in [4.78, 5) is 0. The molecule has 1 heterocycles. The first-order valence-electron chi connectivity index (χ1n) is 5.43. The molecule has 1 aliphatic rings. The number of halogens is 2. The van der Waals surface area contributed by atoms with Crippen LogP contribution in [-0.4, -0.2) is 19.7 Å². The number of aryl methyl sites for hydroxylation is 1. The van der Waals surface area contributed by atoms with Gasteiger partial charge < -0.3 is 10.1 Å². The Morgan fingerprint density at radius 2 is 2.25 bits per heavy atom. The zero-order valence-corrected chi connectivity index (χ0v) is 9.17. The molecule has 0 saturated carbocycles. The lowest BCUT2D eigenvalue weighted by Gasteiger charge is -2.13. The van der Waals surface area contributed by atoms with Crippen LogP contribution in [0.5, 0.6) is 5.75 Å². The predicted octanol–water partition coefficient (Wildman–Crippen LogP) is 2.67. The van der Waals surface area contributed by atoms with Crippen molar-refractivity contribution in [2.45, 2.75) is 25.9 Å². The van der Waals surface area contributed by atoms with Gasteiger partial charge in [-0.05, 0) is 43.0 Å². The molecule has 1 aliphatic heterocycles. The summed E-state index contributed by atoms with van der Waals surface area (Å²) < 4.78 is 28.8. The van der Waals surface area contributed by atoms with Crippen molar-refractivity contribution in [1.29, 1.82) is 0 Å². The number of nitrogens with one attached hydrogen (secondary N) is 1. The molecule has 0 aromatic heterocycles. The molecule has 1 atom stereocenters. The van der Waals surface area contributed by atoms with Crippen molar-refractivity contribution in [2.75, 3.05) is 13.1 Å². The monoisotopic (exact) mass is 227 g/mol. The largest absolute Gasteiger partial charge is 0.435 e. The third-order valence-electron chi connectivity index (χ3n) is 2.96. The molecular formula is C12H15F2NO. The average molecular weight is 227 g/mol. The van der Waals surface area contributed by atoms with Crippen LogP contribution in [0.15, 0.2) is 18.2 Å². The van der Waals surface area contributed by atoms with Gasteiger partial charge >= 0.3 is 6.61 Å². The lowest BCUT2D eigenvalue weighted by molar-refractivity contribution is -0.0503. The molecule has 0 amide bonds. The second kappa shape index (κ2) is 4.78. The highest BCUT2D eigenvalue weighted by atomic mass is 19.3. The molecule has 1 aromatic carbocycles. The molecule has 2 rings (SSSR count). The maximum atomic E-state index is 12.2. The molecule has 1 N–H and O–H groups in total. The summed E-state index contributed by atoms with van der Waals surface area (Å²) in [6.45, 7) is 0.922. The van der Waals surface area contributed by atoms with E-state index >= 15 is 0 Å². The first-order chi connectivity index (χ1) is 7.66. The van der Waals surface area contributed by atoms with Crippen LogP contribution in [0.25, 0.3) is 0 Å². The van der Waals surface area contributed by atoms with Crippen LogP contribution < -0.4 is 10.1 Å². The molecule has 1 aromatic rings. The standard InChI is InChI=1S/C12H15F2NO/c1-8-2-3-9(10-4-5-15-7-10)6-11(8)16-12(13)14/h2-3,6,10,12,15H,4-5,7H2,1H3. The fourth-order valence-electron chi connectivity index (χ4n) is 2.03. The average Bonchev–Trinajstić information content (AvgIpc) is 2.73. The first kappa shape index (κ1) is 11.3. The highest BCUT2D eigenvalue weighted by Gasteiger charge is 2.18. The van der Waals surface area contributed by atoms with Crippen molar-refractivity contribution in [2.24, 2.45) is 0 Å². The number of alkyl halides is 2. The Hall–Kier alpha value is -1.16. The zero-order valence-electron chi connectivity index (χ0n) is 9.17. The Bertz CT molecular complexity index is 362. The van der Waals surface area contributed by atoms with Crippen molar-refractivity contribution in [1.82, 2.24) is 5.32 Å². The maximum Gasteiger partial charge on any atom is 0.387 e. The molecule has 0 aliphatic carbocycles. The highest BCUT2D eigenvalue weighted by Crippen LogP contribution is 2.28. The van der Waals surface area contributed by atoms with E-state index in [1.165, 1.54) is 0 Å². The van der Waals surface area contributed by atoms with Crippen LogP contribution >= 0.6 is 0 Å². The Balaban J connectivity index is 2.20. The zero-order chi connectivity index (χ0) is 11.5. The van der Waals surface area contributed by atoms with E-state index in [0.717, 1.165) is 30.6 Å². The lowest BCUT2D eigenvalue weighted by atomic mass is 9.97. The van der Waals surface area contributed by atoms with E-state index in [1.807, 2.05) is 12.1 Å². The summed E-state index contributed by atoms with van der Waals surface area (Å²) in [5.41, 5.74) is 1.82. The van der Waals surface area contributed by atoms with Gasteiger partial charge in [0.25, 0.3) is 0 Å². The van der Waals surface area contributed by atoms with Gasteiger partial charge in [0.05, 0.1) is 0 Å². The molecule has 16 heavy (non-hydrogen) atoms. The van der Waals surface area contributed by atoms with Crippen LogP contribution in [0.3, 0.4) is 0 Å². The van der Waals surface area contributed by atoms with Crippen LogP contribution in [0.2, 0.25) is 0 Å². The van der Waals surface area contributed by atoms with Gasteiger partial charge in [0, 0.05) is 6.54 Å². The third kappa shape index (κ3) is 2.50. The predicted molar refractivity (Wildman–Crippen MR) is 58.0 cm³/mol. The van der Waals surface area contributed by atoms with Gasteiger partial charge in [0.2, 0.25) is 0 Å². The van der Waals surface area contributed by atoms with E-state index in [1.54, 1.807) is 13.0 Å². The molecule has 0 spiro atoms. The van der Waals surface area contributed by atoms with E-state index < -0.39 is 6.61 Å². The highest BCUT2D eigenvalue weighted by molar-refractivity contribution is 5.38. The number of hydrogen-bond acceptors (Lipinski definition) is 2. The molecule has 0 radical (unpaired) electrons. The van der Waals surface area contributed by atoms with Crippen LogP contribution in [0.1, 0.15) is 23.5 Å². The molecule has 1 fully saturated rings. The van der Waals surface area contributed by atoms with Gasteiger partial charge in [-0.2, -0.15) is 8.78 Å². The van der Waals surface area contributed by atoms with E-state index in [0.29, 0.717) is 11.7 Å². The van der Waals surface area contributed by atoms with E-state index in [4.69, 9.17) is 0 Å². The Kier molecular flexibility index (Phi) is 3.39. The third-order valence-corrected chi connectivity index (χ3v) is 2.96. The second-order valence-electron chi connectivity index (χ2n) is 4.09. The summed E-state index contributed by atoms with van der Waals surface area (Å²) in [5, 5.41) is 3.26. The molecule has 88 valence electrons. The Morgan fingerprint density at radius 3 is 2.88 bits per heavy atom. The van der Waals surface area contributed by atoms with Crippen LogP contribution in [0.4, 0.5) is 8.78 Å². The van der Waals surface area contributed by atoms with Gasteiger partial charge in [-0.1, -0.05) is 12.1 Å². The van der Waals surface area contributed by atoms with Crippen molar-refractivity contribution in [3.05, 3.63) is 29.3 Å². The molecule has 1 saturated heterocycles. The summed E-state index contributed by atoms with van der Waals surface area (Å²) in [5.74, 6) is 0.708. The van der Waals surface area contributed by atoms with Gasteiger partial charge in [0.1, 0.15) is 5.75 Å². The molecule has 1 unspecified atom stereocenters. The quantitative estimate of drug-likeness (QED) is 0.857. The summed E-state index contributed by atoms with van der Waals surface area (Å²) in [6, 6.07) is 5.57. The fourth-order valence-corrected chi connectivity index (χ4v) is 2.03. The van der Waals surface area contributed by atoms with Gasteiger partial charge in [-0.15, -0.1) is 0 Å². The first-order valence-corrected chi connectivity index (χ1v) is 5.43. The van der Waals surface area contributed by atoms with E-state index in [9.17, 15) is 8.78 Å². The number of benzene rings is 1. The van der Waals surface area contributed by atoms with E-state index in [2.05, 4.69) is 10.1 Å². The number of hydrogen-bond donors (Lipinski definition) is 1. The number of rotatable bonds is 3. The fraction of sp³-hybridized carbons (Fsp3) is 0.500. The van der Waals surface area contributed by atoms with Crippen LogP contribution in [-0.2, 0) is 0 Å². The molecule has 2 nitrogen and oxygen atoms in total. The van der Waals surface area contributed by atoms with Crippen molar-refractivity contribution in [3.63, 3.8) is 0 Å². The van der Waals surface area contributed by atoms with E-state index in [-0.39, 0.29) is 0 Å². The molecule has 0 bridgehead atoms. The van der Waals surface area contributed by atoms with Gasteiger partial charge in [-0.25, -0.2) is 0 Å². The van der Waals surface area contributed by atoms with Crippen molar-refractivity contribution in [3.8, 4) is 5.75 Å². The van der Waals surface area contributed by atoms with Crippen molar-refractivity contribution >= 4 is 0 Å².